The van der Waals surface area contributed by atoms with Gasteiger partial charge in [-0.1, -0.05) is 12.1 Å². The molecule has 0 saturated carbocycles. The van der Waals surface area contributed by atoms with Gasteiger partial charge < -0.3 is 18.3 Å². The highest BCUT2D eigenvalue weighted by Gasteiger charge is 2.20. The van der Waals surface area contributed by atoms with E-state index >= 15 is 0 Å². The van der Waals surface area contributed by atoms with Crippen LogP contribution in [0.4, 0.5) is 0 Å². The summed E-state index contributed by atoms with van der Waals surface area (Å²) in [5, 5.41) is 11.9. The number of fused-ring (bicyclic) bond motifs is 6. The Morgan fingerprint density at radius 2 is 1.00 bits per heavy atom. The Morgan fingerprint density at radius 1 is 0.596 bits per heavy atom. The van der Waals surface area contributed by atoms with Gasteiger partial charge in [0.15, 0.2) is 0 Å². The van der Waals surface area contributed by atoms with Crippen molar-refractivity contribution in [2.75, 3.05) is 14.2 Å². The molecule has 0 fully saturated rings. The van der Waals surface area contributed by atoms with Crippen LogP contribution in [0.15, 0.2) is 103 Å². The van der Waals surface area contributed by atoms with Gasteiger partial charge in [0.25, 0.3) is 0 Å². The third-order valence-corrected chi connectivity index (χ3v) is 8.57. The Hall–Kier alpha value is -6.16. The van der Waals surface area contributed by atoms with Gasteiger partial charge in [-0.2, -0.15) is 10.2 Å². The summed E-state index contributed by atoms with van der Waals surface area (Å²) < 4.78 is 25.7. The van der Waals surface area contributed by atoms with E-state index in [9.17, 15) is 9.59 Å². The molecule has 0 bridgehead atoms. The van der Waals surface area contributed by atoms with Crippen molar-refractivity contribution in [3.8, 4) is 22.9 Å². The number of rotatable bonds is 6. The molecule has 4 aromatic carbocycles. The lowest BCUT2D eigenvalue weighted by Crippen LogP contribution is -2.03. The molecule has 0 aliphatic heterocycles. The lowest BCUT2D eigenvalue weighted by molar-refractivity contribution is 0.414. The van der Waals surface area contributed by atoms with Crippen LogP contribution < -0.4 is 20.7 Å². The van der Waals surface area contributed by atoms with E-state index in [-0.39, 0.29) is 0 Å². The highest BCUT2D eigenvalue weighted by Crippen LogP contribution is 2.32. The fourth-order valence-electron chi connectivity index (χ4n) is 6.32. The quantitative estimate of drug-likeness (QED) is 0.186. The maximum Gasteiger partial charge on any atom is 0.347 e. The predicted molar refractivity (Wildman–Crippen MR) is 180 cm³/mol. The van der Waals surface area contributed by atoms with Crippen LogP contribution in [0.25, 0.3) is 55.1 Å². The number of nitrogens with zero attached hydrogens (tertiary/aromatic N) is 4. The molecule has 10 nitrogen and oxygen atoms in total. The van der Waals surface area contributed by atoms with Crippen LogP contribution >= 0.6 is 0 Å². The zero-order chi connectivity index (χ0) is 32.4. The first-order valence-corrected chi connectivity index (χ1v) is 15.0. The van der Waals surface area contributed by atoms with E-state index in [0.717, 1.165) is 44.8 Å². The van der Waals surface area contributed by atoms with Crippen molar-refractivity contribution < 1.29 is 18.3 Å². The van der Waals surface area contributed by atoms with E-state index in [1.807, 2.05) is 98.8 Å². The van der Waals surface area contributed by atoms with Crippen LogP contribution in [-0.4, -0.2) is 33.8 Å². The molecule has 0 saturated heterocycles. The molecule has 10 heteroatoms. The third kappa shape index (κ3) is 4.56. The first-order valence-electron chi connectivity index (χ1n) is 15.0. The normalized spacial score (nSPS) is 11.7. The van der Waals surface area contributed by atoms with E-state index in [2.05, 4.69) is 0 Å². The van der Waals surface area contributed by atoms with Gasteiger partial charge in [0.2, 0.25) is 0 Å². The topological polar surface area (TPSA) is 115 Å². The second kappa shape index (κ2) is 10.7. The fraction of sp³-hybridized carbons (Fsp3) is 0.135. The van der Waals surface area contributed by atoms with E-state index in [1.165, 1.54) is 0 Å². The molecule has 47 heavy (non-hydrogen) atoms. The minimum absolute atomic E-state index is 0.429. The van der Waals surface area contributed by atoms with Crippen molar-refractivity contribution in [1.82, 2.24) is 19.6 Å². The maximum atomic E-state index is 13.1. The van der Waals surface area contributed by atoms with Gasteiger partial charge >= 0.3 is 11.3 Å². The summed E-state index contributed by atoms with van der Waals surface area (Å²) in [4.78, 5) is 26.1. The number of hydrogen-bond acceptors (Lipinski definition) is 8. The molecule has 0 amide bonds. The minimum Gasteiger partial charge on any atom is -0.497 e. The molecule has 8 rings (SSSR count). The summed E-state index contributed by atoms with van der Waals surface area (Å²) in [5.74, 6) is 1.45. The standard InChI is InChI=1S/C37H28N4O6/c1-20-32-34(40(38-20)24-7-11-26(44-3)12-8-24)28-18-22(5-15-30(28)46-36(32)42)17-23-6-16-31-29(19-23)35-33(37(43)47-31)21(2)39-41(35)25-9-13-27(45-4)14-10-25/h5-16,18-19H,17H2,1-4H3. The summed E-state index contributed by atoms with van der Waals surface area (Å²) in [6.45, 7) is 3.61. The molecule has 0 aliphatic carbocycles. The lowest BCUT2D eigenvalue weighted by Gasteiger charge is -2.10. The number of benzene rings is 4. The van der Waals surface area contributed by atoms with Gasteiger partial charge in [-0.15, -0.1) is 0 Å². The monoisotopic (exact) mass is 624 g/mol. The summed E-state index contributed by atoms with van der Waals surface area (Å²) in [6, 6.07) is 26.7. The minimum atomic E-state index is -0.429. The highest BCUT2D eigenvalue weighted by atomic mass is 16.5. The van der Waals surface area contributed by atoms with Gasteiger partial charge in [-0.05, 0) is 104 Å². The van der Waals surface area contributed by atoms with Crippen LogP contribution in [0.3, 0.4) is 0 Å². The van der Waals surface area contributed by atoms with Crippen molar-refractivity contribution in [2.24, 2.45) is 0 Å². The third-order valence-electron chi connectivity index (χ3n) is 8.57. The Kier molecular flexibility index (Phi) is 6.47. The van der Waals surface area contributed by atoms with E-state index < -0.39 is 11.3 Å². The molecule has 232 valence electrons. The SMILES string of the molecule is COc1ccc(-n2nc(C)c3c(=O)oc4ccc(Cc5ccc6oc(=O)c7c(C)nn(-c8ccc(OC)cc8)c7c6c5)cc4c32)cc1. The predicted octanol–water partition coefficient (Wildman–Crippen LogP) is 6.80. The molecular weight excluding hydrogens is 596 g/mol. The number of aryl methyl sites for hydroxylation is 2. The smallest absolute Gasteiger partial charge is 0.347 e. The molecule has 0 atom stereocenters. The molecule has 0 radical (unpaired) electrons. The molecule has 0 N–H and O–H groups in total. The highest BCUT2D eigenvalue weighted by molar-refractivity contribution is 6.05. The van der Waals surface area contributed by atoms with Crippen molar-refractivity contribution in [3.63, 3.8) is 0 Å². The number of methoxy groups -OCH3 is 2. The summed E-state index contributed by atoms with van der Waals surface area (Å²) >= 11 is 0. The van der Waals surface area contributed by atoms with Crippen molar-refractivity contribution >= 4 is 43.7 Å². The van der Waals surface area contributed by atoms with E-state index in [1.54, 1.807) is 23.6 Å². The summed E-state index contributed by atoms with van der Waals surface area (Å²) in [6.07, 6.45) is 0.568. The first kappa shape index (κ1) is 28.3. The Bertz CT molecular complexity index is 2440. The summed E-state index contributed by atoms with van der Waals surface area (Å²) in [7, 11) is 3.24. The fourth-order valence-corrected chi connectivity index (χ4v) is 6.32. The molecular formula is C37H28N4O6. The van der Waals surface area contributed by atoms with Crippen molar-refractivity contribution in [3.05, 3.63) is 128 Å². The van der Waals surface area contributed by atoms with Gasteiger partial charge in [-0.3, -0.25) is 0 Å². The van der Waals surface area contributed by atoms with Crippen LogP contribution in [-0.2, 0) is 6.42 Å². The Balaban J connectivity index is 1.27. The second-order valence-corrected chi connectivity index (χ2v) is 11.5. The van der Waals surface area contributed by atoms with Crippen LogP contribution in [0.2, 0.25) is 0 Å². The average Bonchev–Trinajstić information content (AvgIpc) is 3.63. The van der Waals surface area contributed by atoms with Crippen LogP contribution in [0.5, 0.6) is 11.5 Å². The number of ether oxygens (including phenoxy) is 2. The van der Waals surface area contributed by atoms with Gasteiger partial charge in [0.1, 0.15) is 33.4 Å². The Labute approximate surface area is 267 Å². The largest absolute Gasteiger partial charge is 0.497 e. The molecule has 4 aromatic heterocycles. The second-order valence-electron chi connectivity index (χ2n) is 11.5. The molecule has 4 heterocycles. The van der Waals surface area contributed by atoms with Gasteiger partial charge in [0, 0.05) is 10.8 Å². The van der Waals surface area contributed by atoms with Gasteiger partial charge in [-0.25, -0.2) is 19.0 Å². The van der Waals surface area contributed by atoms with E-state index in [4.69, 9.17) is 28.5 Å². The molecule has 0 unspecified atom stereocenters. The van der Waals surface area contributed by atoms with Crippen molar-refractivity contribution in [1.29, 1.82) is 0 Å². The molecule has 0 aliphatic rings. The zero-order valence-corrected chi connectivity index (χ0v) is 26.0. The molecule has 8 aromatic rings. The average molecular weight is 625 g/mol. The van der Waals surface area contributed by atoms with E-state index in [0.29, 0.717) is 50.8 Å². The first-order chi connectivity index (χ1) is 22.8. The lowest BCUT2D eigenvalue weighted by atomic mass is 10.0. The Morgan fingerprint density at radius 3 is 1.38 bits per heavy atom. The zero-order valence-electron chi connectivity index (χ0n) is 26.0. The van der Waals surface area contributed by atoms with Crippen LogP contribution in [0, 0.1) is 13.8 Å². The maximum absolute atomic E-state index is 13.1. The number of aromatic nitrogens is 4. The van der Waals surface area contributed by atoms with Crippen LogP contribution in [0.1, 0.15) is 22.5 Å². The summed E-state index contributed by atoms with van der Waals surface area (Å²) in [5.41, 5.74) is 6.21. The van der Waals surface area contributed by atoms with Crippen molar-refractivity contribution in [2.45, 2.75) is 20.3 Å². The van der Waals surface area contributed by atoms with Gasteiger partial charge in [0.05, 0.1) is 48.0 Å². The molecule has 0 spiro atoms. The number of hydrogen-bond donors (Lipinski definition) is 0.